The fraction of sp³-hybridized carbons (Fsp3) is 0.871. The topological polar surface area (TPSA) is 95.9 Å². The van der Waals surface area contributed by atoms with Gasteiger partial charge in [-0.05, 0) is 64.2 Å². The molecule has 6 nitrogen and oxygen atoms in total. The van der Waals surface area contributed by atoms with Gasteiger partial charge in [-0.1, -0.05) is 281 Å². The molecule has 0 radical (unpaired) electrons. The van der Waals surface area contributed by atoms with Crippen LogP contribution in [0.15, 0.2) is 36.5 Å². The van der Waals surface area contributed by atoms with Gasteiger partial charge in [-0.25, -0.2) is 0 Å². The van der Waals surface area contributed by atoms with Crippen LogP contribution < -0.4 is 5.32 Å². The molecule has 0 aliphatic rings. The van der Waals surface area contributed by atoms with Crippen molar-refractivity contribution in [1.29, 1.82) is 0 Å². The fourth-order valence-electron chi connectivity index (χ4n) is 9.25. The molecule has 0 rings (SSSR count). The molecular weight excluding hydrogens is 839 g/mol. The van der Waals surface area contributed by atoms with Crippen LogP contribution in [0.4, 0.5) is 0 Å². The Morgan fingerprint density at radius 3 is 1.13 bits per heavy atom. The van der Waals surface area contributed by atoms with Crippen LogP contribution in [0.1, 0.15) is 322 Å². The number of carbonyl (C=O) groups excluding carboxylic acids is 2. The second kappa shape index (κ2) is 57.7. The summed E-state index contributed by atoms with van der Waals surface area (Å²) in [5.41, 5.74) is 0. The minimum Gasteiger partial charge on any atom is -0.466 e. The molecule has 0 aromatic carbocycles. The highest BCUT2D eigenvalue weighted by molar-refractivity contribution is 5.76. The van der Waals surface area contributed by atoms with E-state index in [1.807, 2.05) is 6.08 Å². The van der Waals surface area contributed by atoms with Gasteiger partial charge in [-0.3, -0.25) is 9.59 Å². The van der Waals surface area contributed by atoms with E-state index in [1.165, 1.54) is 244 Å². The van der Waals surface area contributed by atoms with Crippen LogP contribution in [-0.2, 0) is 14.3 Å². The van der Waals surface area contributed by atoms with Crippen molar-refractivity contribution < 1.29 is 24.5 Å². The van der Waals surface area contributed by atoms with Crippen LogP contribution in [0, 0.1) is 0 Å². The summed E-state index contributed by atoms with van der Waals surface area (Å²) in [4.78, 5) is 24.6. The molecule has 0 spiro atoms. The third-order valence-electron chi connectivity index (χ3n) is 13.9. The minimum atomic E-state index is -0.849. The number of allylic oxidation sites excluding steroid dienone is 5. The van der Waals surface area contributed by atoms with Gasteiger partial charge in [0.05, 0.1) is 25.4 Å². The zero-order valence-corrected chi connectivity index (χ0v) is 45.6. The Morgan fingerprint density at radius 1 is 0.412 bits per heavy atom. The molecule has 0 heterocycles. The third kappa shape index (κ3) is 53.4. The Kier molecular flexibility index (Phi) is 56.0. The van der Waals surface area contributed by atoms with E-state index in [9.17, 15) is 19.8 Å². The lowest BCUT2D eigenvalue weighted by molar-refractivity contribution is -0.143. The molecule has 6 heteroatoms. The van der Waals surface area contributed by atoms with Crippen molar-refractivity contribution in [1.82, 2.24) is 5.32 Å². The summed E-state index contributed by atoms with van der Waals surface area (Å²) in [5.74, 6) is -0.0750. The third-order valence-corrected chi connectivity index (χ3v) is 13.9. The molecule has 0 saturated heterocycles. The SMILES string of the molecule is CCCCCC/C=C\C/C=C\CCCCCCCCCC(=O)OCCCCCCCCCCCCCCCCCCCC(=O)NC(CO)C(O)/C=C/CCCCCCCCCCCCCCCC. The normalized spacial score (nSPS) is 12.8. The first-order chi connectivity index (χ1) is 33.5. The molecule has 0 aliphatic heterocycles. The Hall–Kier alpha value is -1.92. The molecule has 3 N–H and O–H groups in total. The molecule has 0 fully saturated rings. The Morgan fingerprint density at radius 2 is 0.735 bits per heavy atom. The number of ether oxygens (including phenoxy) is 1. The molecule has 2 unspecified atom stereocenters. The van der Waals surface area contributed by atoms with Crippen LogP contribution in [0.25, 0.3) is 0 Å². The maximum Gasteiger partial charge on any atom is 0.305 e. The number of rotatable bonds is 56. The maximum atomic E-state index is 12.5. The maximum absolute atomic E-state index is 12.5. The highest BCUT2D eigenvalue weighted by atomic mass is 16.5. The quantitative estimate of drug-likeness (QED) is 0.0321. The second-order valence-corrected chi connectivity index (χ2v) is 20.7. The first-order valence-electron chi connectivity index (χ1n) is 30.3. The van der Waals surface area contributed by atoms with Gasteiger partial charge in [-0.2, -0.15) is 0 Å². The van der Waals surface area contributed by atoms with Gasteiger partial charge in [0.2, 0.25) is 5.91 Å². The van der Waals surface area contributed by atoms with E-state index in [1.54, 1.807) is 6.08 Å². The van der Waals surface area contributed by atoms with E-state index in [4.69, 9.17) is 4.74 Å². The van der Waals surface area contributed by atoms with Crippen LogP contribution in [0.5, 0.6) is 0 Å². The van der Waals surface area contributed by atoms with E-state index in [0.29, 0.717) is 19.4 Å². The van der Waals surface area contributed by atoms with Gasteiger partial charge in [-0.15, -0.1) is 0 Å². The molecule has 0 aliphatic carbocycles. The van der Waals surface area contributed by atoms with Crippen molar-refractivity contribution >= 4 is 11.9 Å². The van der Waals surface area contributed by atoms with Crippen molar-refractivity contribution in [2.45, 2.75) is 334 Å². The molecule has 0 aromatic heterocycles. The predicted octanol–water partition coefficient (Wildman–Crippen LogP) is 18.8. The summed E-state index contributed by atoms with van der Waals surface area (Å²) in [5, 5.41) is 23.1. The lowest BCUT2D eigenvalue weighted by Gasteiger charge is -2.20. The standard InChI is InChI=1S/C62H117NO5/c1-3-5-7-9-11-13-15-17-19-21-24-28-32-36-40-44-48-52-56-62(67)68-57-53-49-45-41-37-33-29-25-22-23-27-31-35-39-43-47-51-55-61(66)63-59(58-64)60(65)54-50-46-42-38-34-30-26-20-18-16-14-12-10-8-6-4-2/h13,15,19,21,50,54,59-60,64-65H,3-12,14,16-18,20,22-49,51-53,55-58H2,1-2H3,(H,63,66)/b15-13-,21-19-,54-50+. The molecule has 400 valence electrons. The fourth-order valence-corrected chi connectivity index (χ4v) is 9.25. The average Bonchev–Trinajstić information content (AvgIpc) is 3.34. The number of aliphatic hydroxyl groups excluding tert-OH is 2. The number of amides is 1. The van der Waals surface area contributed by atoms with Gasteiger partial charge in [0.1, 0.15) is 0 Å². The summed E-state index contributed by atoms with van der Waals surface area (Å²) in [6.07, 6.45) is 71.7. The van der Waals surface area contributed by atoms with Crippen molar-refractivity contribution in [3.8, 4) is 0 Å². The molecule has 0 saturated carbocycles. The summed E-state index contributed by atoms with van der Waals surface area (Å²) < 4.78 is 5.49. The number of carbonyl (C=O) groups is 2. The lowest BCUT2D eigenvalue weighted by atomic mass is 10.0. The summed E-state index contributed by atoms with van der Waals surface area (Å²) in [7, 11) is 0. The number of hydrogen-bond acceptors (Lipinski definition) is 5. The van der Waals surface area contributed by atoms with Gasteiger partial charge < -0.3 is 20.3 Å². The van der Waals surface area contributed by atoms with E-state index in [0.717, 1.165) is 51.4 Å². The number of esters is 1. The summed E-state index contributed by atoms with van der Waals surface area (Å²) in [6.45, 7) is 4.89. The van der Waals surface area contributed by atoms with E-state index < -0.39 is 12.1 Å². The lowest BCUT2D eigenvalue weighted by Crippen LogP contribution is -2.45. The summed E-state index contributed by atoms with van der Waals surface area (Å²) >= 11 is 0. The van der Waals surface area contributed by atoms with Crippen molar-refractivity contribution in [2.24, 2.45) is 0 Å². The second-order valence-electron chi connectivity index (χ2n) is 20.7. The number of nitrogens with one attached hydrogen (secondary N) is 1. The van der Waals surface area contributed by atoms with Crippen LogP contribution in [-0.4, -0.2) is 47.4 Å². The highest BCUT2D eigenvalue weighted by Gasteiger charge is 2.18. The van der Waals surface area contributed by atoms with Gasteiger partial charge in [0.15, 0.2) is 0 Å². The van der Waals surface area contributed by atoms with E-state index in [2.05, 4.69) is 43.5 Å². The molecule has 2 atom stereocenters. The largest absolute Gasteiger partial charge is 0.466 e. The monoisotopic (exact) mass is 956 g/mol. The zero-order chi connectivity index (χ0) is 49.3. The van der Waals surface area contributed by atoms with E-state index in [-0.39, 0.29) is 18.5 Å². The number of unbranched alkanes of at least 4 members (excludes halogenated alkanes) is 41. The van der Waals surface area contributed by atoms with Gasteiger partial charge in [0.25, 0.3) is 0 Å². The molecule has 0 aromatic rings. The molecule has 68 heavy (non-hydrogen) atoms. The van der Waals surface area contributed by atoms with Gasteiger partial charge in [0, 0.05) is 12.8 Å². The number of hydrogen-bond donors (Lipinski definition) is 3. The predicted molar refractivity (Wildman–Crippen MR) is 296 cm³/mol. The molecular formula is C62H117NO5. The van der Waals surface area contributed by atoms with Crippen LogP contribution >= 0.6 is 0 Å². The van der Waals surface area contributed by atoms with Crippen molar-refractivity contribution in [3.63, 3.8) is 0 Å². The van der Waals surface area contributed by atoms with E-state index >= 15 is 0 Å². The van der Waals surface area contributed by atoms with Crippen molar-refractivity contribution in [3.05, 3.63) is 36.5 Å². The zero-order valence-electron chi connectivity index (χ0n) is 45.6. The van der Waals surface area contributed by atoms with Gasteiger partial charge >= 0.3 is 5.97 Å². The average molecular weight is 957 g/mol. The summed E-state index contributed by atoms with van der Waals surface area (Å²) in [6, 6.07) is -0.632. The Labute approximate surface area is 424 Å². The minimum absolute atomic E-state index is 0.00279. The highest BCUT2D eigenvalue weighted by Crippen LogP contribution is 2.17. The smallest absolute Gasteiger partial charge is 0.305 e. The first kappa shape index (κ1) is 66.1. The Bertz CT molecular complexity index is 1100. The van der Waals surface area contributed by atoms with Crippen molar-refractivity contribution in [2.75, 3.05) is 13.2 Å². The van der Waals surface area contributed by atoms with Crippen LogP contribution in [0.2, 0.25) is 0 Å². The molecule has 0 bridgehead atoms. The molecule has 1 amide bonds. The van der Waals surface area contributed by atoms with Crippen LogP contribution in [0.3, 0.4) is 0 Å². The first-order valence-corrected chi connectivity index (χ1v) is 30.3. The number of aliphatic hydroxyl groups is 2. The Balaban J connectivity index is 3.44.